The van der Waals surface area contributed by atoms with Crippen LogP contribution < -0.4 is 0 Å². The molecule has 0 saturated carbocycles. The standard InChI is InChI=1S/C11H16N2O2/c1-9(8-12(2)3)10-6-4-5-7-11(10)13(14)15/h4-7,9H,8H2,1-3H3. The minimum atomic E-state index is -0.318. The van der Waals surface area contributed by atoms with Crippen molar-refractivity contribution in [2.45, 2.75) is 12.8 Å². The zero-order valence-electron chi connectivity index (χ0n) is 9.30. The predicted octanol–water partition coefficient (Wildman–Crippen LogP) is 2.26. The Labute approximate surface area is 89.7 Å². The highest BCUT2D eigenvalue weighted by Crippen LogP contribution is 2.26. The summed E-state index contributed by atoms with van der Waals surface area (Å²) in [6.45, 7) is 2.81. The monoisotopic (exact) mass is 208 g/mol. The number of likely N-dealkylation sites (N-methyl/N-ethyl adjacent to an activating group) is 1. The van der Waals surface area contributed by atoms with Crippen molar-refractivity contribution in [2.75, 3.05) is 20.6 Å². The lowest BCUT2D eigenvalue weighted by atomic mass is 9.99. The van der Waals surface area contributed by atoms with Crippen LogP contribution in [0.5, 0.6) is 0 Å². The number of nitro groups is 1. The highest BCUT2D eigenvalue weighted by Gasteiger charge is 2.18. The SMILES string of the molecule is CC(CN(C)C)c1ccccc1[N+](=O)[O-]. The van der Waals surface area contributed by atoms with Crippen LogP contribution in [-0.2, 0) is 0 Å². The van der Waals surface area contributed by atoms with E-state index < -0.39 is 0 Å². The lowest BCUT2D eigenvalue weighted by Gasteiger charge is -2.16. The third-order valence-corrected chi connectivity index (χ3v) is 2.30. The Hall–Kier alpha value is -1.42. The fraction of sp³-hybridized carbons (Fsp3) is 0.455. The Morgan fingerprint density at radius 3 is 2.53 bits per heavy atom. The van der Waals surface area contributed by atoms with Crippen LogP contribution in [-0.4, -0.2) is 30.5 Å². The largest absolute Gasteiger partial charge is 0.309 e. The molecule has 4 heteroatoms. The maximum Gasteiger partial charge on any atom is 0.272 e. The van der Waals surface area contributed by atoms with Crippen LogP contribution in [0, 0.1) is 10.1 Å². The van der Waals surface area contributed by atoms with Gasteiger partial charge >= 0.3 is 0 Å². The number of para-hydroxylation sites is 1. The van der Waals surface area contributed by atoms with Crippen molar-refractivity contribution in [3.05, 3.63) is 39.9 Å². The number of nitro benzene ring substituents is 1. The molecule has 1 rings (SSSR count). The van der Waals surface area contributed by atoms with Gasteiger partial charge in [-0.1, -0.05) is 25.1 Å². The molecule has 0 heterocycles. The summed E-state index contributed by atoms with van der Waals surface area (Å²) >= 11 is 0. The molecule has 0 aliphatic carbocycles. The van der Waals surface area contributed by atoms with Crippen molar-refractivity contribution in [3.63, 3.8) is 0 Å². The van der Waals surface area contributed by atoms with Gasteiger partial charge in [0.1, 0.15) is 0 Å². The molecule has 1 atom stereocenters. The van der Waals surface area contributed by atoms with E-state index in [-0.39, 0.29) is 16.5 Å². The Kier molecular flexibility index (Phi) is 3.80. The first kappa shape index (κ1) is 11.7. The summed E-state index contributed by atoms with van der Waals surface area (Å²) in [5, 5.41) is 10.8. The molecule has 15 heavy (non-hydrogen) atoms. The molecule has 1 unspecified atom stereocenters. The smallest absolute Gasteiger partial charge is 0.272 e. The molecule has 0 aliphatic rings. The average molecular weight is 208 g/mol. The zero-order chi connectivity index (χ0) is 11.4. The molecule has 0 radical (unpaired) electrons. The predicted molar refractivity (Wildman–Crippen MR) is 60.1 cm³/mol. The minimum Gasteiger partial charge on any atom is -0.309 e. The van der Waals surface area contributed by atoms with Gasteiger partial charge in [-0.05, 0) is 14.1 Å². The summed E-state index contributed by atoms with van der Waals surface area (Å²) in [5.74, 6) is 0.168. The third-order valence-electron chi connectivity index (χ3n) is 2.30. The van der Waals surface area contributed by atoms with Crippen molar-refractivity contribution in [3.8, 4) is 0 Å². The summed E-state index contributed by atoms with van der Waals surface area (Å²) in [6, 6.07) is 6.92. The van der Waals surface area contributed by atoms with Crippen LogP contribution in [0.3, 0.4) is 0 Å². The van der Waals surface area contributed by atoms with Gasteiger partial charge in [0.2, 0.25) is 0 Å². The number of hydrogen-bond donors (Lipinski definition) is 0. The maximum atomic E-state index is 10.8. The van der Waals surface area contributed by atoms with Crippen LogP contribution in [0.4, 0.5) is 5.69 Å². The van der Waals surface area contributed by atoms with Gasteiger partial charge in [-0.3, -0.25) is 10.1 Å². The van der Waals surface area contributed by atoms with Gasteiger partial charge in [0, 0.05) is 24.1 Å². The summed E-state index contributed by atoms with van der Waals surface area (Å²) in [5.41, 5.74) is 1.02. The van der Waals surface area contributed by atoms with Gasteiger partial charge in [-0.25, -0.2) is 0 Å². The summed E-state index contributed by atoms with van der Waals surface area (Å²) < 4.78 is 0. The molecule has 4 nitrogen and oxygen atoms in total. The van der Waals surface area contributed by atoms with E-state index in [1.165, 1.54) is 0 Å². The Balaban J connectivity index is 2.97. The second-order valence-corrected chi connectivity index (χ2v) is 3.98. The first-order valence-electron chi connectivity index (χ1n) is 4.90. The zero-order valence-corrected chi connectivity index (χ0v) is 9.30. The van der Waals surface area contributed by atoms with Crippen LogP contribution in [0.1, 0.15) is 18.4 Å². The second kappa shape index (κ2) is 4.89. The fourth-order valence-corrected chi connectivity index (χ4v) is 1.72. The van der Waals surface area contributed by atoms with Crippen molar-refractivity contribution < 1.29 is 4.92 Å². The summed E-state index contributed by atoms with van der Waals surface area (Å²) in [7, 11) is 3.93. The van der Waals surface area contributed by atoms with Crippen molar-refractivity contribution in [1.82, 2.24) is 4.90 Å². The van der Waals surface area contributed by atoms with Crippen molar-refractivity contribution in [2.24, 2.45) is 0 Å². The third kappa shape index (κ3) is 3.02. The summed E-state index contributed by atoms with van der Waals surface area (Å²) in [6.07, 6.45) is 0. The number of nitrogens with zero attached hydrogens (tertiary/aromatic N) is 2. The molecule has 0 bridgehead atoms. The van der Waals surface area contributed by atoms with Crippen LogP contribution in [0.25, 0.3) is 0 Å². The molecule has 1 aromatic carbocycles. The van der Waals surface area contributed by atoms with Crippen LogP contribution >= 0.6 is 0 Å². The van der Waals surface area contributed by atoms with Gasteiger partial charge in [-0.15, -0.1) is 0 Å². The Bertz CT molecular complexity index is 350. The molecular formula is C11H16N2O2. The van der Waals surface area contributed by atoms with Crippen LogP contribution in [0.2, 0.25) is 0 Å². The van der Waals surface area contributed by atoms with Gasteiger partial charge in [-0.2, -0.15) is 0 Å². The van der Waals surface area contributed by atoms with E-state index in [4.69, 9.17) is 0 Å². The highest BCUT2D eigenvalue weighted by atomic mass is 16.6. The molecule has 0 fully saturated rings. The van der Waals surface area contributed by atoms with Gasteiger partial charge in [0.15, 0.2) is 0 Å². The molecule has 0 aromatic heterocycles. The maximum absolute atomic E-state index is 10.8. The van der Waals surface area contributed by atoms with E-state index in [0.717, 1.165) is 12.1 Å². The molecule has 0 amide bonds. The summed E-state index contributed by atoms with van der Waals surface area (Å²) in [4.78, 5) is 12.5. The molecular weight excluding hydrogens is 192 g/mol. The van der Waals surface area contributed by atoms with E-state index in [1.54, 1.807) is 12.1 Å². The molecule has 1 aromatic rings. The number of hydrogen-bond acceptors (Lipinski definition) is 3. The quantitative estimate of drug-likeness (QED) is 0.563. The minimum absolute atomic E-state index is 0.168. The van der Waals surface area contributed by atoms with E-state index in [2.05, 4.69) is 0 Å². The van der Waals surface area contributed by atoms with E-state index >= 15 is 0 Å². The number of benzene rings is 1. The molecule has 0 aliphatic heterocycles. The molecule has 0 N–H and O–H groups in total. The fourth-order valence-electron chi connectivity index (χ4n) is 1.72. The Morgan fingerprint density at radius 1 is 1.40 bits per heavy atom. The normalized spacial score (nSPS) is 12.8. The Morgan fingerprint density at radius 2 is 2.00 bits per heavy atom. The first-order chi connectivity index (χ1) is 7.02. The van der Waals surface area contributed by atoms with Crippen molar-refractivity contribution in [1.29, 1.82) is 0 Å². The van der Waals surface area contributed by atoms with Gasteiger partial charge < -0.3 is 4.90 Å². The molecule has 82 valence electrons. The average Bonchev–Trinajstić information content (AvgIpc) is 2.16. The molecule has 0 saturated heterocycles. The molecule has 0 spiro atoms. The number of rotatable bonds is 4. The van der Waals surface area contributed by atoms with E-state index in [0.29, 0.717) is 0 Å². The van der Waals surface area contributed by atoms with E-state index in [1.807, 2.05) is 38.1 Å². The highest BCUT2D eigenvalue weighted by molar-refractivity contribution is 5.42. The lowest BCUT2D eigenvalue weighted by Crippen LogP contribution is -2.19. The topological polar surface area (TPSA) is 46.4 Å². The second-order valence-electron chi connectivity index (χ2n) is 3.98. The van der Waals surface area contributed by atoms with Crippen molar-refractivity contribution >= 4 is 5.69 Å². The van der Waals surface area contributed by atoms with Crippen LogP contribution in [0.15, 0.2) is 24.3 Å². The lowest BCUT2D eigenvalue weighted by molar-refractivity contribution is -0.385. The van der Waals surface area contributed by atoms with E-state index in [9.17, 15) is 10.1 Å². The van der Waals surface area contributed by atoms with Gasteiger partial charge in [0.25, 0.3) is 5.69 Å². The first-order valence-corrected chi connectivity index (χ1v) is 4.90. The van der Waals surface area contributed by atoms with Gasteiger partial charge in [0.05, 0.1) is 4.92 Å².